The van der Waals surface area contributed by atoms with E-state index in [1.54, 1.807) is 7.11 Å². The summed E-state index contributed by atoms with van der Waals surface area (Å²) in [7, 11) is 1.62. The van der Waals surface area contributed by atoms with E-state index in [0.29, 0.717) is 32.0 Å². The lowest BCUT2D eigenvalue weighted by atomic mass is 10.1. The maximum Gasteiger partial charge on any atom is 0.236 e. The Labute approximate surface area is 108 Å². The molecule has 4 N–H and O–H groups in total. The number of hydrogen-bond acceptors (Lipinski definition) is 4. The highest BCUT2D eigenvalue weighted by Crippen LogP contribution is 2.18. The lowest BCUT2D eigenvalue weighted by molar-refractivity contribution is -0.123. The second-order valence-corrected chi connectivity index (χ2v) is 4.62. The molecule has 1 unspecified atom stereocenters. The molecule has 1 rings (SSSR count). The van der Waals surface area contributed by atoms with Gasteiger partial charge in [-0.1, -0.05) is 0 Å². The van der Waals surface area contributed by atoms with Crippen LogP contribution in [0.15, 0.2) is 0 Å². The molecular formula is C12H23N3O3. The van der Waals surface area contributed by atoms with Crippen LogP contribution >= 0.6 is 0 Å². The van der Waals surface area contributed by atoms with Crippen LogP contribution in [0.5, 0.6) is 0 Å². The Bertz CT molecular complexity index is 280. The molecule has 0 aromatic heterocycles. The zero-order valence-corrected chi connectivity index (χ0v) is 10.9. The molecule has 1 saturated carbocycles. The van der Waals surface area contributed by atoms with Crippen molar-refractivity contribution < 1.29 is 14.3 Å². The number of carbonyl (C=O) groups is 2. The Morgan fingerprint density at radius 3 is 2.78 bits per heavy atom. The van der Waals surface area contributed by atoms with E-state index < -0.39 is 6.04 Å². The van der Waals surface area contributed by atoms with Gasteiger partial charge in [0.15, 0.2) is 0 Å². The fourth-order valence-electron chi connectivity index (χ4n) is 1.54. The van der Waals surface area contributed by atoms with Crippen LogP contribution in [0.25, 0.3) is 0 Å². The molecule has 0 aromatic carbocycles. The second-order valence-electron chi connectivity index (χ2n) is 4.62. The smallest absolute Gasteiger partial charge is 0.236 e. The number of amides is 2. The van der Waals surface area contributed by atoms with Gasteiger partial charge in [0.2, 0.25) is 11.8 Å². The molecule has 0 spiro atoms. The third-order valence-electron chi connectivity index (χ3n) is 2.79. The Balaban J connectivity index is 2.02. The number of ether oxygens (including phenoxy) is 1. The first kappa shape index (κ1) is 14.9. The van der Waals surface area contributed by atoms with Crippen LogP contribution in [0.2, 0.25) is 0 Å². The van der Waals surface area contributed by atoms with E-state index >= 15 is 0 Å². The zero-order chi connectivity index (χ0) is 13.4. The van der Waals surface area contributed by atoms with E-state index in [1.165, 1.54) is 0 Å². The van der Waals surface area contributed by atoms with Gasteiger partial charge >= 0.3 is 0 Å². The molecule has 2 amide bonds. The van der Waals surface area contributed by atoms with E-state index in [0.717, 1.165) is 19.3 Å². The minimum atomic E-state index is -0.522. The van der Waals surface area contributed by atoms with Crippen LogP contribution < -0.4 is 16.4 Å². The van der Waals surface area contributed by atoms with Crippen molar-refractivity contribution in [2.24, 2.45) is 5.73 Å². The SMILES string of the molecule is COCCCC(N)C(=O)NCCC(=O)NC1CC1. The average Bonchev–Trinajstić information content (AvgIpc) is 3.12. The van der Waals surface area contributed by atoms with Crippen molar-refractivity contribution in [2.75, 3.05) is 20.3 Å². The summed E-state index contributed by atoms with van der Waals surface area (Å²) in [6.45, 7) is 0.945. The number of nitrogens with two attached hydrogens (primary N) is 1. The standard InChI is InChI=1S/C12H23N3O3/c1-18-8-2-3-10(13)12(17)14-7-6-11(16)15-9-4-5-9/h9-10H,2-8,13H2,1H3,(H,14,17)(H,15,16). The predicted molar refractivity (Wildman–Crippen MR) is 67.9 cm³/mol. The van der Waals surface area contributed by atoms with Crippen LogP contribution in [-0.2, 0) is 14.3 Å². The summed E-state index contributed by atoms with van der Waals surface area (Å²) in [6.07, 6.45) is 3.80. The minimum Gasteiger partial charge on any atom is -0.385 e. The Morgan fingerprint density at radius 2 is 2.17 bits per heavy atom. The first-order valence-electron chi connectivity index (χ1n) is 6.45. The monoisotopic (exact) mass is 257 g/mol. The minimum absolute atomic E-state index is 0.00856. The maximum absolute atomic E-state index is 11.5. The topological polar surface area (TPSA) is 93.4 Å². The number of carbonyl (C=O) groups excluding carboxylic acids is 2. The molecule has 0 saturated heterocycles. The predicted octanol–water partition coefficient (Wildman–Crippen LogP) is -0.475. The number of nitrogens with one attached hydrogen (secondary N) is 2. The van der Waals surface area contributed by atoms with E-state index in [9.17, 15) is 9.59 Å². The first-order valence-corrected chi connectivity index (χ1v) is 6.45. The zero-order valence-electron chi connectivity index (χ0n) is 10.9. The summed E-state index contributed by atoms with van der Waals surface area (Å²) in [5, 5.41) is 5.53. The fourth-order valence-corrected chi connectivity index (χ4v) is 1.54. The fraction of sp³-hybridized carbons (Fsp3) is 0.833. The summed E-state index contributed by atoms with van der Waals surface area (Å²) in [6, 6.07) is -0.156. The van der Waals surface area contributed by atoms with E-state index in [4.69, 9.17) is 10.5 Å². The second kappa shape index (κ2) is 8.05. The Kier molecular flexibility index (Phi) is 6.67. The van der Waals surface area contributed by atoms with Crippen LogP contribution in [-0.4, -0.2) is 44.2 Å². The third-order valence-corrected chi connectivity index (χ3v) is 2.79. The van der Waals surface area contributed by atoms with Crippen molar-refractivity contribution in [1.82, 2.24) is 10.6 Å². The molecule has 18 heavy (non-hydrogen) atoms. The molecule has 1 fully saturated rings. The van der Waals surface area contributed by atoms with Gasteiger partial charge in [-0.2, -0.15) is 0 Å². The highest BCUT2D eigenvalue weighted by molar-refractivity contribution is 5.82. The molecular weight excluding hydrogens is 234 g/mol. The molecule has 0 heterocycles. The highest BCUT2D eigenvalue weighted by Gasteiger charge is 2.23. The van der Waals surface area contributed by atoms with Gasteiger partial charge in [-0.15, -0.1) is 0 Å². The summed E-state index contributed by atoms with van der Waals surface area (Å²) in [5.41, 5.74) is 5.70. The van der Waals surface area contributed by atoms with Gasteiger partial charge in [-0.25, -0.2) is 0 Å². The molecule has 1 atom stereocenters. The Morgan fingerprint density at radius 1 is 1.44 bits per heavy atom. The van der Waals surface area contributed by atoms with Crippen molar-refractivity contribution >= 4 is 11.8 Å². The van der Waals surface area contributed by atoms with Gasteiger partial charge in [0.1, 0.15) is 0 Å². The van der Waals surface area contributed by atoms with E-state index in [2.05, 4.69) is 10.6 Å². The number of rotatable bonds is 9. The summed E-state index contributed by atoms with van der Waals surface area (Å²) >= 11 is 0. The molecule has 0 aromatic rings. The van der Waals surface area contributed by atoms with Crippen LogP contribution in [0.1, 0.15) is 32.1 Å². The normalized spacial score (nSPS) is 16.1. The van der Waals surface area contributed by atoms with Crippen LogP contribution in [0.4, 0.5) is 0 Å². The molecule has 1 aliphatic carbocycles. The van der Waals surface area contributed by atoms with Crippen LogP contribution in [0, 0.1) is 0 Å². The largest absolute Gasteiger partial charge is 0.385 e. The van der Waals surface area contributed by atoms with E-state index in [1.807, 2.05) is 0 Å². The lowest BCUT2D eigenvalue weighted by Crippen LogP contribution is -2.42. The van der Waals surface area contributed by atoms with Gasteiger partial charge in [-0.3, -0.25) is 9.59 Å². The van der Waals surface area contributed by atoms with Gasteiger partial charge < -0.3 is 21.1 Å². The maximum atomic E-state index is 11.5. The van der Waals surface area contributed by atoms with Gasteiger partial charge in [0.25, 0.3) is 0 Å². The van der Waals surface area contributed by atoms with Crippen molar-refractivity contribution in [3.8, 4) is 0 Å². The van der Waals surface area contributed by atoms with Crippen molar-refractivity contribution in [1.29, 1.82) is 0 Å². The summed E-state index contributed by atoms with van der Waals surface area (Å²) in [5.74, 6) is -0.212. The average molecular weight is 257 g/mol. The van der Waals surface area contributed by atoms with Crippen LogP contribution in [0.3, 0.4) is 0 Å². The lowest BCUT2D eigenvalue weighted by Gasteiger charge is -2.11. The third kappa shape index (κ3) is 6.56. The molecule has 6 heteroatoms. The number of hydrogen-bond donors (Lipinski definition) is 3. The molecule has 6 nitrogen and oxygen atoms in total. The van der Waals surface area contributed by atoms with Gasteiger partial charge in [0, 0.05) is 32.7 Å². The van der Waals surface area contributed by atoms with Crippen molar-refractivity contribution in [3.63, 3.8) is 0 Å². The quantitative estimate of drug-likeness (QED) is 0.487. The summed E-state index contributed by atoms with van der Waals surface area (Å²) in [4.78, 5) is 22.9. The highest BCUT2D eigenvalue weighted by atomic mass is 16.5. The number of methoxy groups -OCH3 is 1. The van der Waals surface area contributed by atoms with Gasteiger partial charge in [0.05, 0.1) is 6.04 Å². The van der Waals surface area contributed by atoms with E-state index in [-0.39, 0.29) is 11.8 Å². The molecule has 0 aliphatic heterocycles. The Hall–Kier alpha value is -1.14. The summed E-state index contributed by atoms with van der Waals surface area (Å²) < 4.78 is 4.89. The molecule has 1 aliphatic rings. The van der Waals surface area contributed by atoms with Crippen molar-refractivity contribution in [3.05, 3.63) is 0 Å². The van der Waals surface area contributed by atoms with Crippen molar-refractivity contribution in [2.45, 2.75) is 44.2 Å². The van der Waals surface area contributed by atoms with Gasteiger partial charge in [-0.05, 0) is 25.7 Å². The molecule has 0 bridgehead atoms. The molecule has 0 radical (unpaired) electrons. The molecule has 104 valence electrons. The first-order chi connectivity index (χ1) is 8.63.